The highest BCUT2D eigenvalue weighted by molar-refractivity contribution is 9.10. The monoisotopic (exact) mass is 483 g/mol. The van der Waals surface area contributed by atoms with Gasteiger partial charge in [0.1, 0.15) is 0 Å². The maximum Gasteiger partial charge on any atom is 0.264 e. The number of carbonyl (C=O) groups is 1. The summed E-state index contributed by atoms with van der Waals surface area (Å²) in [7, 11) is -2.34. The molecule has 2 aromatic rings. The van der Waals surface area contributed by atoms with E-state index in [4.69, 9.17) is 9.88 Å². The average Bonchev–Trinajstić information content (AvgIpc) is 2.96. The number of amidine groups is 1. The minimum Gasteiger partial charge on any atom is -0.504 e. The van der Waals surface area contributed by atoms with E-state index in [2.05, 4.69) is 26.2 Å². The molecule has 4 N–H and O–H groups in total. The van der Waals surface area contributed by atoms with E-state index in [-0.39, 0.29) is 22.3 Å². The Morgan fingerprint density at radius 2 is 1.96 bits per heavy atom. The van der Waals surface area contributed by atoms with Gasteiger partial charge in [-0.05, 0) is 59.8 Å². The number of aliphatic imine (C=N–C) groups is 1. The largest absolute Gasteiger partial charge is 0.504 e. The number of nitrogens with zero attached hydrogens (tertiary/aromatic N) is 1. The van der Waals surface area contributed by atoms with Crippen molar-refractivity contribution >= 4 is 60.6 Å². The van der Waals surface area contributed by atoms with Crippen LogP contribution in [0.2, 0.25) is 0 Å². The lowest BCUT2D eigenvalue weighted by atomic mass is 10.2. The quantitative estimate of drug-likeness (QED) is 0.572. The van der Waals surface area contributed by atoms with Crippen LogP contribution in [-0.2, 0) is 14.8 Å². The number of ether oxygens (including phenoxy) is 1. The van der Waals surface area contributed by atoms with Crippen LogP contribution in [0.4, 0.5) is 5.69 Å². The summed E-state index contributed by atoms with van der Waals surface area (Å²) < 4.78 is 28.3. The predicted octanol–water partition coefficient (Wildman–Crippen LogP) is 2.70. The maximum atomic E-state index is 12.2. The molecular weight excluding hydrogens is 470 g/mol. The number of sulfonamides is 1. The summed E-state index contributed by atoms with van der Waals surface area (Å²) in [6.45, 7) is 0. The first-order valence-corrected chi connectivity index (χ1v) is 10.8. The Kier molecular flexibility index (Phi) is 5.79. The minimum absolute atomic E-state index is 0.0220. The molecule has 146 valence electrons. The van der Waals surface area contributed by atoms with E-state index >= 15 is 0 Å². The summed E-state index contributed by atoms with van der Waals surface area (Å²) in [5.41, 5.74) is 1.11. The van der Waals surface area contributed by atoms with Gasteiger partial charge in [-0.25, -0.2) is 18.5 Å². The van der Waals surface area contributed by atoms with Crippen LogP contribution in [0.5, 0.6) is 11.5 Å². The van der Waals surface area contributed by atoms with Crippen molar-refractivity contribution < 1.29 is 23.1 Å². The Morgan fingerprint density at radius 1 is 1.29 bits per heavy atom. The van der Waals surface area contributed by atoms with E-state index in [0.29, 0.717) is 25.8 Å². The van der Waals surface area contributed by atoms with Gasteiger partial charge in [0.05, 0.1) is 22.6 Å². The standard InChI is InChI=1S/C17H14BrN3O5S2/c1-26-14-6-9(12(18)8-13(14)22)7-15-16(23)21-17(27-15)20-10-2-4-11(5-3-10)28(19,24)25/h2-8,22H,1H3,(H2,19,24,25)(H,20,21,23)/b15-7-. The number of phenolic OH excluding ortho intramolecular Hbond substituents is 1. The topological polar surface area (TPSA) is 131 Å². The van der Waals surface area contributed by atoms with Crippen LogP contribution in [0.1, 0.15) is 5.56 Å². The fraction of sp³-hybridized carbons (Fsp3) is 0.0588. The van der Waals surface area contributed by atoms with E-state index in [1.807, 2.05) is 0 Å². The number of carbonyl (C=O) groups excluding carboxylic acids is 1. The Labute approximate surface area is 173 Å². The van der Waals surface area contributed by atoms with Crippen LogP contribution < -0.4 is 15.2 Å². The number of amides is 1. The second kappa shape index (κ2) is 7.95. The molecule has 28 heavy (non-hydrogen) atoms. The zero-order valence-electron chi connectivity index (χ0n) is 14.3. The molecule has 8 nitrogen and oxygen atoms in total. The van der Waals surface area contributed by atoms with Crippen molar-refractivity contribution in [2.75, 3.05) is 7.11 Å². The smallest absolute Gasteiger partial charge is 0.264 e. The van der Waals surface area contributed by atoms with Crippen molar-refractivity contribution in [3.05, 3.63) is 51.3 Å². The number of rotatable bonds is 4. The number of methoxy groups -OCH3 is 1. The molecule has 1 saturated heterocycles. The zero-order valence-corrected chi connectivity index (χ0v) is 17.6. The van der Waals surface area contributed by atoms with Crippen LogP contribution in [0.15, 0.2) is 55.7 Å². The highest BCUT2D eigenvalue weighted by atomic mass is 79.9. The van der Waals surface area contributed by atoms with E-state index in [1.165, 1.54) is 37.4 Å². The molecule has 0 aromatic heterocycles. The summed E-state index contributed by atoms with van der Waals surface area (Å²) in [5.74, 6) is -0.0728. The minimum atomic E-state index is -3.78. The second-order valence-corrected chi connectivity index (χ2v) is 9.01. The number of hydrogen-bond acceptors (Lipinski definition) is 7. The van der Waals surface area contributed by atoms with Gasteiger partial charge >= 0.3 is 0 Å². The van der Waals surface area contributed by atoms with Crippen LogP contribution in [-0.4, -0.2) is 31.7 Å². The average molecular weight is 484 g/mol. The van der Waals surface area contributed by atoms with Gasteiger partial charge in [0.15, 0.2) is 16.7 Å². The van der Waals surface area contributed by atoms with Gasteiger partial charge in [-0.2, -0.15) is 0 Å². The molecule has 3 rings (SSSR count). The second-order valence-electron chi connectivity index (χ2n) is 5.57. The number of hydrogen-bond donors (Lipinski definition) is 3. The molecule has 0 atom stereocenters. The molecular formula is C17H14BrN3O5S2. The van der Waals surface area contributed by atoms with Crippen molar-refractivity contribution in [3.8, 4) is 11.5 Å². The maximum absolute atomic E-state index is 12.2. The molecule has 0 saturated carbocycles. The Morgan fingerprint density at radius 3 is 2.57 bits per heavy atom. The Hall–Kier alpha value is -2.34. The molecule has 11 heteroatoms. The van der Waals surface area contributed by atoms with Gasteiger partial charge in [0.2, 0.25) is 10.0 Å². The van der Waals surface area contributed by atoms with Crippen molar-refractivity contribution in [2.45, 2.75) is 4.90 Å². The van der Waals surface area contributed by atoms with Crippen molar-refractivity contribution in [1.82, 2.24) is 5.32 Å². The summed E-state index contributed by atoms with van der Waals surface area (Å²) in [4.78, 5) is 16.9. The number of primary sulfonamides is 1. The van der Waals surface area contributed by atoms with Gasteiger partial charge in [-0.1, -0.05) is 15.9 Å². The highest BCUT2D eigenvalue weighted by Gasteiger charge is 2.24. The highest BCUT2D eigenvalue weighted by Crippen LogP contribution is 2.35. The van der Waals surface area contributed by atoms with E-state index in [1.54, 1.807) is 12.1 Å². The van der Waals surface area contributed by atoms with Crippen LogP contribution >= 0.6 is 27.7 Å². The van der Waals surface area contributed by atoms with E-state index < -0.39 is 10.0 Å². The van der Waals surface area contributed by atoms with Gasteiger partial charge < -0.3 is 15.2 Å². The lowest BCUT2D eigenvalue weighted by Crippen LogP contribution is -2.19. The number of nitrogens with two attached hydrogens (primary N) is 1. The summed E-state index contributed by atoms with van der Waals surface area (Å²) in [6, 6.07) is 8.73. The number of nitrogens with one attached hydrogen (secondary N) is 1. The fourth-order valence-electron chi connectivity index (χ4n) is 2.28. The third kappa shape index (κ3) is 4.55. The Balaban J connectivity index is 1.86. The summed E-state index contributed by atoms with van der Waals surface area (Å²) in [5, 5.41) is 17.8. The fourth-order valence-corrected chi connectivity index (χ4v) is 4.08. The molecule has 0 spiro atoms. The molecule has 1 aliphatic rings. The molecule has 0 unspecified atom stereocenters. The predicted molar refractivity (Wildman–Crippen MR) is 111 cm³/mol. The number of phenols is 1. The number of halogens is 1. The van der Waals surface area contributed by atoms with Crippen molar-refractivity contribution in [3.63, 3.8) is 0 Å². The third-order valence-corrected chi connectivity index (χ3v) is 6.16. The van der Waals surface area contributed by atoms with Gasteiger partial charge in [0, 0.05) is 4.47 Å². The normalized spacial score (nSPS) is 17.2. The lowest BCUT2D eigenvalue weighted by molar-refractivity contribution is -0.115. The number of thioether (sulfide) groups is 1. The molecule has 1 fully saturated rings. The molecule has 2 aromatic carbocycles. The van der Waals surface area contributed by atoms with Crippen LogP contribution in [0.25, 0.3) is 6.08 Å². The molecule has 0 radical (unpaired) electrons. The first kappa shape index (κ1) is 20.4. The van der Waals surface area contributed by atoms with Crippen molar-refractivity contribution in [1.29, 1.82) is 0 Å². The van der Waals surface area contributed by atoms with E-state index in [9.17, 15) is 18.3 Å². The lowest BCUT2D eigenvalue weighted by Gasteiger charge is -2.06. The summed E-state index contributed by atoms with van der Waals surface area (Å²) >= 11 is 4.47. The zero-order chi connectivity index (χ0) is 20.5. The molecule has 1 amide bonds. The third-order valence-electron chi connectivity index (χ3n) is 3.63. The molecule has 0 bridgehead atoms. The molecule has 1 heterocycles. The molecule has 0 aliphatic carbocycles. The number of aromatic hydroxyl groups is 1. The number of benzene rings is 2. The SMILES string of the molecule is COc1cc(/C=C2\SC(=Nc3ccc(S(N)(=O)=O)cc3)NC2=O)c(Br)cc1O. The Bertz CT molecular complexity index is 1110. The first-order valence-electron chi connectivity index (χ1n) is 7.66. The van der Waals surface area contributed by atoms with E-state index in [0.717, 1.165) is 11.8 Å². The first-order chi connectivity index (χ1) is 13.2. The van der Waals surface area contributed by atoms with Gasteiger partial charge in [0.25, 0.3) is 5.91 Å². The summed E-state index contributed by atoms with van der Waals surface area (Å²) in [6.07, 6.45) is 1.64. The molecule has 1 aliphatic heterocycles. The van der Waals surface area contributed by atoms with Crippen molar-refractivity contribution in [2.24, 2.45) is 10.1 Å². The van der Waals surface area contributed by atoms with Gasteiger partial charge in [-0.15, -0.1) is 0 Å². The van der Waals surface area contributed by atoms with Crippen LogP contribution in [0.3, 0.4) is 0 Å². The van der Waals surface area contributed by atoms with Crippen LogP contribution in [0, 0.1) is 0 Å². The van der Waals surface area contributed by atoms with Gasteiger partial charge in [-0.3, -0.25) is 4.79 Å².